The molecule has 0 saturated carbocycles. The molecule has 184 valence electrons. The van der Waals surface area contributed by atoms with Crippen LogP contribution in [0.15, 0.2) is 76.1 Å². The summed E-state index contributed by atoms with van der Waals surface area (Å²) in [5.41, 5.74) is 2.05. The third-order valence-electron chi connectivity index (χ3n) is 5.31. The molecule has 1 heterocycles. The van der Waals surface area contributed by atoms with Gasteiger partial charge in [0.15, 0.2) is 0 Å². The summed E-state index contributed by atoms with van der Waals surface area (Å²) >= 11 is 4.26. The third kappa shape index (κ3) is 6.13. The minimum atomic E-state index is -0.459. The maximum Gasteiger partial charge on any atom is 0.293 e. The van der Waals surface area contributed by atoms with Gasteiger partial charge in [0.05, 0.1) is 21.9 Å². The predicted molar refractivity (Wildman–Crippen MR) is 141 cm³/mol. The van der Waals surface area contributed by atoms with Crippen LogP contribution in [0.1, 0.15) is 16.7 Å². The van der Waals surface area contributed by atoms with E-state index in [-0.39, 0.29) is 35.6 Å². The molecule has 0 atom stereocenters. The number of rotatable bonds is 9. The molecule has 1 aliphatic heterocycles. The molecule has 1 fully saturated rings. The fourth-order valence-electron chi connectivity index (χ4n) is 3.45. The Morgan fingerprint density at radius 3 is 2.56 bits per heavy atom. The smallest absolute Gasteiger partial charge is 0.293 e. The largest absolute Gasteiger partial charge is 0.492 e. The number of nitro groups is 1. The SMILES string of the molecule is Cc1ccc(OCCN2C(=O)S/C(=C\c3cc(Br)ccc3OCc3ccccc3[N+](=O)[O-])C2=O)cc1. The molecule has 0 unspecified atom stereocenters. The Kier molecular flexibility index (Phi) is 8.07. The predicted octanol–water partition coefficient (Wildman–Crippen LogP) is 6.36. The van der Waals surface area contributed by atoms with Crippen molar-refractivity contribution >= 4 is 50.6 Å². The highest BCUT2D eigenvalue weighted by molar-refractivity contribution is 9.10. The standard InChI is InChI=1S/C26H21BrN2O6S/c1-17-6-9-21(10-7-17)34-13-12-28-25(30)24(36-26(28)31)15-19-14-20(27)8-11-23(19)35-16-18-4-2-3-5-22(18)29(32)33/h2-11,14-15H,12-13,16H2,1H3/b24-15-. The average molecular weight is 569 g/mol. The molecule has 0 aliphatic carbocycles. The zero-order chi connectivity index (χ0) is 25.7. The van der Waals surface area contributed by atoms with E-state index in [1.54, 1.807) is 42.5 Å². The number of carbonyl (C=O) groups is 2. The highest BCUT2D eigenvalue weighted by atomic mass is 79.9. The van der Waals surface area contributed by atoms with Crippen LogP contribution in [-0.4, -0.2) is 34.1 Å². The molecule has 0 bridgehead atoms. The number of amides is 2. The number of benzene rings is 3. The van der Waals surface area contributed by atoms with E-state index in [2.05, 4.69) is 15.9 Å². The van der Waals surface area contributed by atoms with Gasteiger partial charge in [0, 0.05) is 16.1 Å². The summed E-state index contributed by atoms with van der Waals surface area (Å²) in [6.07, 6.45) is 1.59. The van der Waals surface area contributed by atoms with Crippen LogP contribution in [0.3, 0.4) is 0 Å². The molecule has 1 aliphatic rings. The Bertz CT molecular complexity index is 1340. The zero-order valence-electron chi connectivity index (χ0n) is 19.2. The Balaban J connectivity index is 1.47. The van der Waals surface area contributed by atoms with E-state index < -0.39 is 10.8 Å². The van der Waals surface area contributed by atoms with Crippen molar-refractivity contribution in [2.45, 2.75) is 13.5 Å². The highest BCUT2D eigenvalue weighted by Gasteiger charge is 2.35. The fourth-order valence-corrected chi connectivity index (χ4v) is 4.69. The Hall–Kier alpha value is -3.63. The topological polar surface area (TPSA) is 99.0 Å². The van der Waals surface area contributed by atoms with Crippen LogP contribution in [0.5, 0.6) is 11.5 Å². The van der Waals surface area contributed by atoms with E-state index in [1.807, 2.05) is 31.2 Å². The number of nitrogens with zero attached hydrogens (tertiary/aromatic N) is 2. The number of hydrogen-bond donors (Lipinski definition) is 0. The van der Waals surface area contributed by atoms with Crippen LogP contribution < -0.4 is 9.47 Å². The van der Waals surface area contributed by atoms with Gasteiger partial charge in [0.1, 0.15) is 24.7 Å². The minimum Gasteiger partial charge on any atom is -0.492 e. The lowest BCUT2D eigenvalue weighted by Gasteiger charge is -2.13. The molecule has 2 amide bonds. The molecule has 1 saturated heterocycles. The summed E-state index contributed by atoms with van der Waals surface area (Å²) in [6, 6.07) is 19.1. The number of halogens is 1. The van der Waals surface area contributed by atoms with E-state index in [0.29, 0.717) is 22.6 Å². The second-order valence-electron chi connectivity index (χ2n) is 7.85. The summed E-state index contributed by atoms with van der Waals surface area (Å²) in [5, 5.41) is 10.9. The van der Waals surface area contributed by atoms with E-state index in [0.717, 1.165) is 26.7 Å². The van der Waals surface area contributed by atoms with Gasteiger partial charge in [-0.25, -0.2) is 0 Å². The molecule has 0 N–H and O–H groups in total. The van der Waals surface area contributed by atoms with Gasteiger partial charge >= 0.3 is 0 Å². The van der Waals surface area contributed by atoms with Gasteiger partial charge in [-0.2, -0.15) is 0 Å². The van der Waals surface area contributed by atoms with Gasteiger partial charge in [0.2, 0.25) is 0 Å². The molecular weight excluding hydrogens is 548 g/mol. The van der Waals surface area contributed by atoms with Crippen LogP contribution >= 0.6 is 27.7 Å². The van der Waals surface area contributed by atoms with Crippen molar-refractivity contribution in [2.75, 3.05) is 13.2 Å². The van der Waals surface area contributed by atoms with Crippen molar-refractivity contribution in [3.8, 4) is 11.5 Å². The molecule has 3 aromatic carbocycles. The van der Waals surface area contributed by atoms with Gasteiger partial charge in [-0.1, -0.05) is 45.8 Å². The van der Waals surface area contributed by atoms with Crippen LogP contribution in [-0.2, 0) is 11.4 Å². The number of thioether (sulfide) groups is 1. The molecule has 3 aromatic rings. The number of hydrogen-bond acceptors (Lipinski definition) is 7. The lowest BCUT2D eigenvalue weighted by Crippen LogP contribution is -2.32. The lowest BCUT2D eigenvalue weighted by molar-refractivity contribution is -0.385. The van der Waals surface area contributed by atoms with E-state index >= 15 is 0 Å². The van der Waals surface area contributed by atoms with Gasteiger partial charge in [-0.05, 0) is 61.2 Å². The van der Waals surface area contributed by atoms with E-state index in [1.165, 1.54) is 6.07 Å². The lowest BCUT2D eigenvalue weighted by atomic mass is 10.1. The van der Waals surface area contributed by atoms with Crippen molar-refractivity contribution in [1.29, 1.82) is 0 Å². The van der Waals surface area contributed by atoms with E-state index in [9.17, 15) is 19.7 Å². The maximum atomic E-state index is 12.9. The van der Waals surface area contributed by atoms with Crippen molar-refractivity contribution in [1.82, 2.24) is 4.90 Å². The third-order valence-corrected chi connectivity index (χ3v) is 6.71. The summed E-state index contributed by atoms with van der Waals surface area (Å²) in [6.45, 7) is 2.24. The second kappa shape index (κ2) is 11.4. The molecule has 10 heteroatoms. The minimum absolute atomic E-state index is 0.0303. The number of imide groups is 1. The summed E-state index contributed by atoms with van der Waals surface area (Å²) in [7, 11) is 0. The maximum absolute atomic E-state index is 12.9. The van der Waals surface area contributed by atoms with Crippen LogP contribution in [0, 0.1) is 17.0 Å². The normalized spacial score (nSPS) is 14.4. The number of aryl methyl sites for hydroxylation is 1. The van der Waals surface area contributed by atoms with Gasteiger partial charge in [-0.15, -0.1) is 0 Å². The van der Waals surface area contributed by atoms with Gasteiger partial charge < -0.3 is 9.47 Å². The summed E-state index contributed by atoms with van der Waals surface area (Å²) in [4.78, 5) is 37.7. The number of carbonyl (C=O) groups excluding carboxylic acids is 2. The van der Waals surface area contributed by atoms with Gasteiger partial charge in [0.25, 0.3) is 16.8 Å². The van der Waals surface area contributed by atoms with Gasteiger partial charge in [-0.3, -0.25) is 24.6 Å². The summed E-state index contributed by atoms with van der Waals surface area (Å²) < 4.78 is 12.3. The first-order chi connectivity index (χ1) is 17.3. The van der Waals surface area contributed by atoms with Crippen LogP contribution in [0.25, 0.3) is 6.08 Å². The molecule has 36 heavy (non-hydrogen) atoms. The Morgan fingerprint density at radius 2 is 1.81 bits per heavy atom. The van der Waals surface area contributed by atoms with Crippen LogP contribution in [0.2, 0.25) is 0 Å². The molecule has 8 nitrogen and oxygen atoms in total. The molecule has 0 spiro atoms. The molecule has 0 radical (unpaired) electrons. The van der Waals surface area contributed by atoms with Crippen molar-refractivity contribution < 1.29 is 24.0 Å². The molecular formula is C26H21BrN2O6S. The van der Waals surface area contributed by atoms with Crippen LogP contribution in [0.4, 0.5) is 10.5 Å². The average Bonchev–Trinajstić information content (AvgIpc) is 3.12. The highest BCUT2D eigenvalue weighted by Crippen LogP contribution is 2.35. The first kappa shape index (κ1) is 25.5. The number of nitro benzene ring substituents is 1. The first-order valence-corrected chi connectivity index (χ1v) is 12.5. The molecule has 0 aromatic heterocycles. The van der Waals surface area contributed by atoms with E-state index in [4.69, 9.17) is 9.47 Å². The first-order valence-electron chi connectivity index (χ1n) is 10.9. The number of ether oxygens (including phenoxy) is 2. The van der Waals surface area contributed by atoms with Crippen molar-refractivity contribution in [2.24, 2.45) is 0 Å². The zero-order valence-corrected chi connectivity index (χ0v) is 21.6. The quantitative estimate of drug-likeness (QED) is 0.168. The Morgan fingerprint density at radius 1 is 1.06 bits per heavy atom. The second-order valence-corrected chi connectivity index (χ2v) is 9.76. The summed E-state index contributed by atoms with van der Waals surface area (Å²) in [5.74, 6) is 0.672. The monoisotopic (exact) mass is 568 g/mol. The molecule has 4 rings (SSSR count). The fraction of sp³-hybridized carbons (Fsp3) is 0.154. The van der Waals surface area contributed by atoms with Crippen molar-refractivity contribution in [3.05, 3.63) is 103 Å². The van der Waals surface area contributed by atoms with Crippen molar-refractivity contribution in [3.63, 3.8) is 0 Å². The number of para-hydroxylation sites is 1. The Labute approximate surface area is 220 Å².